The third-order valence-electron chi connectivity index (χ3n) is 1.91. The van der Waals surface area contributed by atoms with Crippen molar-refractivity contribution < 1.29 is 9.90 Å². The van der Waals surface area contributed by atoms with Gasteiger partial charge in [0, 0.05) is 12.7 Å². The van der Waals surface area contributed by atoms with Crippen molar-refractivity contribution in [1.29, 1.82) is 5.26 Å². The number of hydrogen-bond acceptors (Lipinski definition) is 4. The molecule has 0 spiro atoms. The third-order valence-corrected chi connectivity index (χ3v) is 1.91. The lowest BCUT2D eigenvalue weighted by Gasteiger charge is -2.20. The summed E-state index contributed by atoms with van der Waals surface area (Å²) in [5, 5.41) is 17.5. The van der Waals surface area contributed by atoms with Crippen LogP contribution in [0.1, 0.15) is 12.5 Å². The molecule has 1 aromatic heterocycles. The first-order valence-corrected chi connectivity index (χ1v) is 4.51. The Kier molecular flexibility index (Phi) is 3.63. The van der Waals surface area contributed by atoms with Crippen molar-refractivity contribution in [3.8, 4) is 6.07 Å². The molecule has 0 amide bonds. The molecule has 0 unspecified atom stereocenters. The Labute approximate surface area is 87.6 Å². The van der Waals surface area contributed by atoms with E-state index in [2.05, 4.69) is 4.98 Å². The van der Waals surface area contributed by atoms with Crippen molar-refractivity contribution in [3.63, 3.8) is 0 Å². The van der Waals surface area contributed by atoms with Crippen LogP contribution in [0.25, 0.3) is 0 Å². The molecule has 1 N–H and O–H groups in total. The summed E-state index contributed by atoms with van der Waals surface area (Å²) >= 11 is 0. The molecule has 1 heterocycles. The molecule has 0 saturated heterocycles. The summed E-state index contributed by atoms with van der Waals surface area (Å²) in [6, 6.07) is 5.25. The predicted octanol–water partition coefficient (Wildman–Crippen LogP) is 0.864. The summed E-state index contributed by atoms with van der Waals surface area (Å²) in [6.07, 6.45) is 1.54. The number of rotatable bonds is 4. The molecule has 0 atom stereocenters. The number of aromatic nitrogens is 1. The van der Waals surface area contributed by atoms with Gasteiger partial charge in [-0.1, -0.05) is 0 Å². The molecule has 5 nitrogen and oxygen atoms in total. The number of carbonyl (C=O) groups is 1. The van der Waals surface area contributed by atoms with Gasteiger partial charge in [-0.05, 0) is 19.1 Å². The number of aliphatic carboxylic acids is 1. The molecule has 1 aromatic rings. The largest absolute Gasteiger partial charge is 0.480 e. The maximum atomic E-state index is 10.6. The summed E-state index contributed by atoms with van der Waals surface area (Å²) in [5.74, 6) is -0.517. The highest BCUT2D eigenvalue weighted by Crippen LogP contribution is 2.15. The van der Waals surface area contributed by atoms with Crippen molar-refractivity contribution >= 4 is 11.8 Å². The Morgan fingerprint density at radius 3 is 3.00 bits per heavy atom. The zero-order valence-corrected chi connectivity index (χ0v) is 8.34. The maximum absolute atomic E-state index is 10.6. The van der Waals surface area contributed by atoms with E-state index in [1.54, 1.807) is 23.2 Å². The average molecular weight is 205 g/mol. The first kappa shape index (κ1) is 11.0. The number of carboxylic acids is 1. The Balaban J connectivity index is 3.01. The lowest BCUT2D eigenvalue weighted by atomic mass is 10.2. The SMILES string of the molecule is CCN(CC(=O)O)c1ncccc1C#N. The average Bonchev–Trinajstić information content (AvgIpc) is 2.25. The van der Waals surface area contributed by atoms with Crippen molar-refractivity contribution in [2.75, 3.05) is 18.0 Å². The van der Waals surface area contributed by atoms with Gasteiger partial charge in [0.25, 0.3) is 0 Å². The number of pyridine rings is 1. The minimum Gasteiger partial charge on any atom is -0.480 e. The molecular formula is C10H11N3O2. The zero-order chi connectivity index (χ0) is 11.3. The van der Waals surface area contributed by atoms with E-state index in [4.69, 9.17) is 10.4 Å². The number of nitriles is 1. The molecule has 0 radical (unpaired) electrons. The maximum Gasteiger partial charge on any atom is 0.323 e. The van der Waals surface area contributed by atoms with Crippen LogP contribution in [0.3, 0.4) is 0 Å². The van der Waals surface area contributed by atoms with E-state index in [1.807, 2.05) is 13.0 Å². The second-order valence-corrected chi connectivity index (χ2v) is 2.89. The molecule has 15 heavy (non-hydrogen) atoms. The van der Waals surface area contributed by atoms with Crippen LogP contribution in [-0.4, -0.2) is 29.1 Å². The molecule has 0 fully saturated rings. The summed E-state index contributed by atoms with van der Waals surface area (Å²) in [6.45, 7) is 2.17. The van der Waals surface area contributed by atoms with Gasteiger partial charge in [-0.15, -0.1) is 0 Å². The van der Waals surface area contributed by atoms with Crippen LogP contribution >= 0.6 is 0 Å². The monoisotopic (exact) mass is 205 g/mol. The van der Waals surface area contributed by atoms with Crippen molar-refractivity contribution in [1.82, 2.24) is 4.98 Å². The number of nitrogens with zero attached hydrogens (tertiary/aromatic N) is 3. The smallest absolute Gasteiger partial charge is 0.323 e. The van der Waals surface area contributed by atoms with Gasteiger partial charge in [-0.25, -0.2) is 4.98 Å². The van der Waals surface area contributed by atoms with E-state index in [0.29, 0.717) is 17.9 Å². The van der Waals surface area contributed by atoms with Gasteiger partial charge in [0.2, 0.25) is 0 Å². The normalized spacial score (nSPS) is 9.33. The topological polar surface area (TPSA) is 77.2 Å². The molecule has 0 saturated carbocycles. The van der Waals surface area contributed by atoms with Crippen LogP contribution in [0, 0.1) is 11.3 Å². The Hall–Kier alpha value is -2.09. The lowest BCUT2D eigenvalue weighted by Crippen LogP contribution is -2.30. The number of carboxylic acid groups (broad SMARTS) is 1. The quantitative estimate of drug-likeness (QED) is 0.788. The summed E-state index contributed by atoms with van der Waals surface area (Å²) in [4.78, 5) is 16.1. The third kappa shape index (κ3) is 2.68. The highest BCUT2D eigenvalue weighted by atomic mass is 16.4. The highest BCUT2D eigenvalue weighted by molar-refractivity contribution is 5.74. The Bertz CT molecular complexity index is 398. The van der Waals surface area contributed by atoms with Crippen LogP contribution < -0.4 is 4.90 Å². The fourth-order valence-electron chi connectivity index (χ4n) is 1.24. The van der Waals surface area contributed by atoms with Crippen LogP contribution in [0.4, 0.5) is 5.82 Å². The molecule has 78 valence electrons. The van der Waals surface area contributed by atoms with Gasteiger partial charge < -0.3 is 10.0 Å². The molecule has 1 rings (SSSR count). The summed E-state index contributed by atoms with van der Waals surface area (Å²) in [7, 11) is 0. The van der Waals surface area contributed by atoms with Crippen LogP contribution in [-0.2, 0) is 4.79 Å². The standard InChI is InChI=1S/C10H11N3O2/c1-2-13(7-9(14)15)10-8(6-11)4-3-5-12-10/h3-5H,2,7H2,1H3,(H,14,15). The summed E-state index contributed by atoms with van der Waals surface area (Å²) < 4.78 is 0. The van der Waals surface area contributed by atoms with Gasteiger partial charge in [0.05, 0.1) is 5.56 Å². The number of hydrogen-bond donors (Lipinski definition) is 1. The molecule has 0 aromatic carbocycles. The number of likely N-dealkylation sites (N-methyl/N-ethyl adjacent to an activating group) is 1. The molecule has 0 aliphatic carbocycles. The fraction of sp³-hybridized carbons (Fsp3) is 0.300. The van der Waals surface area contributed by atoms with Gasteiger partial charge >= 0.3 is 5.97 Å². The lowest BCUT2D eigenvalue weighted by molar-refractivity contribution is -0.135. The Morgan fingerprint density at radius 1 is 1.73 bits per heavy atom. The number of anilines is 1. The van der Waals surface area contributed by atoms with Crippen molar-refractivity contribution in [2.24, 2.45) is 0 Å². The Morgan fingerprint density at radius 2 is 2.47 bits per heavy atom. The summed E-state index contributed by atoms with van der Waals surface area (Å²) in [5.41, 5.74) is 0.389. The van der Waals surface area contributed by atoms with Crippen LogP contribution in [0.15, 0.2) is 18.3 Å². The van der Waals surface area contributed by atoms with E-state index in [9.17, 15) is 4.79 Å². The fourth-order valence-corrected chi connectivity index (χ4v) is 1.24. The second-order valence-electron chi connectivity index (χ2n) is 2.89. The molecular weight excluding hydrogens is 194 g/mol. The van der Waals surface area contributed by atoms with Gasteiger partial charge in [-0.2, -0.15) is 5.26 Å². The minimum atomic E-state index is -0.939. The predicted molar refractivity (Wildman–Crippen MR) is 54.5 cm³/mol. The molecule has 5 heteroatoms. The van der Waals surface area contributed by atoms with Gasteiger partial charge in [0.15, 0.2) is 0 Å². The minimum absolute atomic E-state index is 0.151. The van der Waals surface area contributed by atoms with Crippen LogP contribution in [0.2, 0.25) is 0 Å². The zero-order valence-electron chi connectivity index (χ0n) is 8.34. The highest BCUT2D eigenvalue weighted by Gasteiger charge is 2.13. The molecule has 0 aliphatic heterocycles. The molecule has 0 aliphatic rings. The van der Waals surface area contributed by atoms with Gasteiger partial charge in [-0.3, -0.25) is 4.79 Å². The van der Waals surface area contributed by atoms with Crippen LogP contribution in [0.5, 0.6) is 0 Å². The van der Waals surface area contributed by atoms with Crippen molar-refractivity contribution in [2.45, 2.75) is 6.92 Å². The van der Waals surface area contributed by atoms with E-state index in [-0.39, 0.29) is 6.54 Å². The second kappa shape index (κ2) is 4.96. The first-order chi connectivity index (χ1) is 7.19. The van der Waals surface area contributed by atoms with E-state index >= 15 is 0 Å². The van der Waals surface area contributed by atoms with E-state index in [1.165, 1.54) is 0 Å². The van der Waals surface area contributed by atoms with Crippen molar-refractivity contribution in [3.05, 3.63) is 23.9 Å². The van der Waals surface area contributed by atoms with E-state index in [0.717, 1.165) is 0 Å². The molecule has 0 bridgehead atoms. The first-order valence-electron chi connectivity index (χ1n) is 4.51. The van der Waals surface area contributed by atoms with E-state index < -0.39 is 5.97 Å². The van der Waals surface area contributed by atoms with Gasteiger partial charge in [0.1, 0.15) is 18.4 Å².